The predicted octanol–water partition coefficient (Wildman–Crippen LogP) is 2.88. The van der Waals surface area contributed by atoms with E-state index in [4.69, 9.17) is 17.0 Å². The molecule has 1 aliphatic carbocycles. The Labute approximate surface area is 160 Å². The van der Waals surface area contributed by atoms with Gasteiger partial charge in [0, 0.05) is 24.4 Å². The minimum atomic E-state index is -0.267. The van der Waals surface area contributed by atoms with E-state index in [9.17, 15) is 9.59 Å². The van der Waals surface area contributed by atoms with Gasteiger partial charge in [0.1, 0.15) is 5.75 Å². The van der Waals surface area contributed by atoms with Crippen LogP contribution in [0.15, 0.2) is 24.3 Å². The smallest absolute Gasteiger partial charge is 0.238 e. The summed E-state index contributed by atoms with van der Waals surface area (Å²) < 4.78 is 5.49. The lowest BCUT2D eigenvalue weighted by atomic mass is 10.1. The van der Waals surface area contributed by atoms with Crippen LogP contribution >= 0.6 is 12.2 Å². The summed E-state index contributed by atoms with van der Waals surface area (Å²) in [6.45, 7) is 2.69. The van der Waals surface area contributed by atoms with Gasteiger partial charge in [-0.2, -0.15) is 0 Å². The number of ether oxygens (including phenoxy) is 1. The van der Waals surface area contributed by atoms with Crippen molar-refractivity contribution in [2.45, 2.75) is 57.9 Å². The maximum atomic E-state index is 12.2. The first-order valence-electron chi connectivity index (χ1n) is 9.20. The van der Waals surface area contributed by atoms with Crippen LogP contribution in [-0.4, -0.2) is 29.5 Å². The van der Waals surface area contributed by atoms with E-state index in [0.717, 1.165) is 25.0 Å². The Hall–Kier alpha value is -2.15. The third kappa shape index (κ3) is 7.00. The number of thiocarbonyl (C=S) groups is 1. The van der Waals surface area contributed by atoms with Gasteiger partial charge >= 0.3 is 0 Å². The molecule has 2 rings (SSSR count). The van der Waals surface area contributed by atoms with Gasteiger partial charge in [-0.05, 0) is 55.7 Å². The number of ketones is 1. The largest absolute Gasteiger partial charge is 0.494 e. The van der Waals surface area contributed by atoms with Gasteiger partial charge in [-0.3, -0.25) is 20.4 Å². The molecule has 7 heteroatoms. The van der Waals surface area contributed by atoms with Crippen LogP contribution < -0.4 is 20.9 Å². The van der Waals surface area contributed by atoms with Crippen molar-refractivity contribution in [3.8, 4) is 5.75 Å². The number of carbonyl (C=O) groups excluding carboxylic acids is 2. The summed E-state index contributed by atoms with van der Waals surface area (Å²) in [6, 6.07) is 7.39. The molecule has 0 unspecified atom stereocenters. The second-order valence-corrected chi connectivity index (χ2v) is 6.83. The van der Waals surface area contributed by atoms with Crippen molar-refractivity contribution < 1.29 is 14.3 Å². The minimum Gasteiger partial charge on any atom is -0.494 e. The Kier molecular flexibility index (Phi) is 8.34. The highest BCUT2D eigenvalue weighted by Crippen LogP contribution is 2.17. The zero-order chi connectivity index (χ0) is 18.8. The van der Waals surface area contributed by atoms with Crippen LogP contribution in [0.1, 0.15) is 62.2 Å². The highest BCUT2D eigenvalue weighted by atomic mass is 32.1. The van der Waals surface area contributed by atoms with Crippen molar-refractivity contribution in [3.63, 3.8) is 0 Å². The fraction of sp³-hybridized carbons (Fsp3) is 0.526. The van der Waals surface area contributed by atoms with Crippen molar-refractivity contribution in [1.82, 2.24) is 16.2 Å². The zero-order valence-corrected chi connectivity index (χ0v) is 16.0. The molecule has 1 aromatic carbocycles. The number of Topliss-reactive ketones (excluding diaryl/α,β-unsaturated/α-hetero) is 1. The summed E-state index contributed by atoms with van der Waals surface area (Å²) >= 11 is 5.15. The molecule has 0 saturated heterocycles. The van der Waals surface area contributed by atoms with Crippen LogP contribution in [0.2, 0.25) is 0 Å². The molecule has 1 aromatic rings. The molecule has 1 saturated carbocycles. The Bertz CT molecular complexity index is 613. The summed E-state index contributed by atoms with van der Waals surface area (Å²) in [7, 11) is 0. The molecular formula is C19H27N3O3S. The molecule has 26 heavy (non-hydrogen) atoms. The second kappa shape index (κ2) is 10.8. The highest BCUT2D eigenvalue weighted by Gasteiger charge is 2.15. The number of hydrogen-bond donors (Lipinski definition) is 3. The van der Waals surface area contributed by atoms with E-state index in [-0.39, 0.29) is 24.5 Å². The third-order valence-corrected chi connectivity index (χ3v) is 4.45. The van der Waals surface area contributed by atoms with Crippen LogP contribution in [-0.2, 0) is 4.79 Å². The van der Waals surface area contributed by atoms with Crippen LogP contribution in [0.4, 0.5) is 0 Å². The summed E-state index contributed by atoms with van der Waals surface area (Å²) in [5, 5.41) is 3.59. The Morgan fingerprint density at radius 3 is 2.46 bits per heavy atom. The van der Waals surface area contributed by atoms with Crippen LogP contribution in [0.5, 0.6) is 5.75 Å². The molecule has 0 atom stereocenters. The average molecular weight is 378 g/mol. The van der Waals surface area contributed by atoms with E-state index < -0.39 is 0 Å². The molecule has 1 amide bonds. The lowest BCUT2D eigenvalue weighted by Crippen LogP contribution is -2.49. The Balaban J connectivity index is 1.66. The second-order valence-electron chi connectivity index (χ2n) is 6.42. The van der Waals surface area contributed by atoms with Crippen molar-refractivity contribution in [3.05, 3.63) is 29.8 Å². The number of benzene rings is 1. The Morgan fingerprint density at radius 1 is 1.12 bits per heavy atom. The fourth-order valence-corrected chi connectivity index (χ4v) is 3.03. The first-order chi connectivity index (χ1) is 12.6. The Morgan fingerprint density at radius 2 is 1.81 bits per heavy atom. The van der Waals surface area contributed by atoms with Crippen molar-refractivity contribution in [2.24, 2.45) is 0 Å². The van der Waals surface area contributed by atoms with E-state index >= 15 is 0 Å². The van der Waals surface area contributed by atoms with Gasteiger partial charge in [-0.15, -0.1) is 0 Å². The molecule has 1 aliphatic rings. The monoisotopic (exact) mass is 377 g/mol. The number of carbonyl (C=O) groups is 2. The van der Waals surface area contributed by atoms with Gasteiger partial charge in [0.2, 0.25) is 5.91 Å². The maximum absolute atomic E-state index is 12.2. The molecule has 3 N–H and O–H groups in total. The standard InChI is InChI=1S/C19H27N3O3S/c1-2-13-25-16-9-7-14(8-10-16)17(23)11-12-18(24)21-22-19(26)20-15-5-3-4-6-15/h7-10,15H,2-6,11-13H2,1H3,(H,21,24)(H2,20,22,26). The molecule has 1 fully saturated rings. The van der Waals surface area contributed by atoms with E-state index in [0.29, 0.717) is 23.3 Å². The van der Waals surface area contributed by atoms with Gasteiger partial charge in [-0.25, -0.2) is 0 Å². The number of rotatable bonds is 8. The summed E-state index contributed by atoms with van der Waals surface area (Å²) in [6.07, 6.45) is 5.81. The molecule has 0 spiro atoms. The fourth-order valence-electron chi connectivity index (χ4n) is 2.81. The first kappa shape index (κ1) is 20.2. The summed E-state index contributed by atoms with van der Waals surface area (Å²) in [5.74, 6) is 0.402. The van der Waals surface area contributed by atoms with Crippen LogP contribution in [0.3, 0.4) is 0 Å². The molecule has 0 heterocycles. The molecule has 0 radical (unpaired) electrons. The molecular weight excluding hydrogens is 350 g/mol. The first-order valence-corrected chi connectivity index (χ1v) is 9.60. The number of hydrogen-bond acceptors (Lipinski definition) is 4. The molecule has 6 nitrogen and oxygen atoms in total. The van der Waals surface area contributed by atoms with Gasteiger partial charge in [0.15, 0.2) is 10.9 Å². The third-order valence-electron chi connectivity index (χ3n) is 4.23. The van der Waals surface area contributed by atoms with E-state index in [2.05, 4.69) is 16.2 Å². The zero-order valence-electron chi connectivity index (χ0n) is 15.2. The lowest BCUT2D eigenvalue weighted by molar-refractivity contribution is -0.121. The summed E-state index contributed by atoms with van der Waals surface area (Å²) in [4.78, 5) is 24.0. The SMILES string of the molecule is CCCOc1ccc(C(=O)CCC(=O)NNC(=S)NC2CCCC2)cc1. The van der Waals surface area contributed by atoms with Crippen LogP contribution in [0, 0.1) is 0 Å². The number of amides is 1. The van der Waals surface area contributed by atoms with Crippen molar-refractivity contribution >= 4 is 29.0 Å². The maximum Gasteiger partial charge on any atom is 0.238 e. The van der Waals surface area contributed by atoms with Crippen molar-refractivity contribution in [1.29, 1.82) is 0 Å². The van der Waals surface area contributed by atoms with Crippen LogP contribution in [0.25, 0.3) is 0 Å². The van der Waals surface area contributed by atoms with Gasteiger partial charge in [0.25, 0.3) is 0 Å². The lowest BCUT2D eigenvalue weighted by Gasteiger charge is -2.16. The molecule has 142 valence electrons. The topological polar surface area (TPSA) is 79.5 Å². The average Bonchev–Trinajstić information content (AvgIpc) is 3.16. The number of hydrazine groups is 1. The quantitative estimate of drug-likeness (QED) is 0.367. The molecule has 0 aliphatic heterocycles. The van der Waals surface area contributed by atoms with Gasteiger partial charge in [0.05, 0.1) is 6.61 Å². The summed E-state index contributed by atoms with van der Waals surface area (Å²) in [5.41, 5.74) is 5.80. The van der Waals surface area contributed by atoms with Crippen molar-refractivity contribution in [2.75, 3.05) is 6.61 Å². The highest BCUT2D eigenvalue weighted by molar-refractivity contribution is 7.80. The molecule has 0 bridgehead atoms. The van der Waals surface area contributed by atoms with E-state index in [1.807, 2.05) is 6.92 Å². The predicted molar refractivity (Wildman–Crippen MR) is 105 cm³/mol. The van der Waals surface area contributed by atoms with Gasteiger partial charge in [-0.1, -0.05) is 19.8 Å². The number of nitrogens with one attached hydrogen (secondary N) is 3. The van der Waals surface area contributed by atoms with Gasteiger partial charge < -0.3 is 10.1 Å². The normalized spacial score (nSPS) is 13.9. The van der Waals surface area contributed by atoms with E-state index in [1.54, 1.807) is 24.3 Å². The molecule has 0 aromatic heterocycles. The minimum absolute atomic E-state index is 0.0751. The van der Waals surface area contributed by atoms with E-state index in [1.165, 1.54) is 12.8 Å².